The van der Waals surface area contributed by atoms with Gasteiger partial charge in [-0.25, -0.2) is 0 Å². The zero-order valence-electron chi connectivity index (χ0n) is 20.9. The fourth-order valence-electron chi connectivity index (χ4n) is 3.73. The molecule has 3 unspecified atom stereocenters. The quantitative estimate of drug-likeness (QED) is 0.0968. The molecule has 0 aliphatic heterocycles. The van der Waals surface area contributed by atoms with Gasteiger partial charge in [-0.05, 0) is 32.1 Å². The Kier molecular flexibility index (Phi) is 19.8. The van der Waals surface area contributed by atoms with Gasteiger partial charge in [-0.1, -0.05) is 96.6 Å². The lowest BCUT2D eigenvalue weighted by Gasteiger charge is -2.24. The lowest BCUT2D eigenvalue weighted by atomic mass is 10.0. The highest BCUT2D eigenvalue weighted by Crippen LogP contribution is 2.13. The van der Waals surface area contributed by atoms with Crippen LogP contribution >= 0.6 is 0 Å². The van der Waals surface area contributed by atoms with Crippen molar-refractivity contribution in [2.45, 2.75) is 135 Å². The maximum absolute atomic E-state index is 12.3. The van der Waals surface area contributed by atoms with Crippen molar-refractivity contribution in [2.24, 2.45) is 0 Å². The molecule has 196 valence electrons. The number of hydrogen-bond donors (Lipinski definition) is 4. The van der Waals surface area contributed by atoms with Crippen LogP contribution in [0.25, 0.3) is 0 Å². The number of aliphatic hydroxyl groups is 2. The molecule has 0 aromatic rings. The van der Waals surface area contributed by atoms with E-state index in [1.807, 2.05) is 0 Å². The minimum absolute atomic E-state index is 0.276. The van der Waals surface area contributed by atoms with Crippen molar-refractivity contribution in [2.75, 3.05) is 5.75 Å². The molecule has 0 saturated carbocycles. The van der Waals surface area contributed by atoms with Gasteiger partial charge in [0.05, 0.1) is 17.9 Å². The topological polar surface area (TPSA) is 124 Å². The molecule has 3 atom stereocenters. The van der Waals surface area contributed by atoms with Crippen LogP contribution in [-0.4, -0.2) is 53.1 Å². The smallest absolute Gasteiger partial charge is 0.266 e. The molecule has 0 aromatic carbocycles. The van der Waals surface area contributed by atoms with Crippen LogP contribution in [0.5, 0.6) is 0 Å². The van der Waals surface area contributed by atoms with E-state index in [1.165, 1.54) is 32.1 Å². The van der Waals surface area contributed by atoms with Gasteiger partial charge in [0.25, 0.3) is 10.1 Å². The van der Waals surface area contributed by atoms with E-state index in [2.05, 4.69) is 31.3 Å². The van der Waals surface area contributed by atoms with Gasteiger partial charge in [0, 0.05) is 0 Å². The molecular formula is C25H49NO6S. The third kappa shape index (κ3) is 20.2. The average Bonchev–Trinajstić information content (AvgIpc) is 2.75. The van der Waals surface area contributed by atoms with Gasteiger partial charge in [0.1, 0.15) is 6.10 Å². The van der Waals surface area contributed by atoms with Crippen LogP contribution in [0.15, 0.2) is 12.2 Å². The monoisotopic (exact) mass is 491 g/mol. The molecule has 0 saturated heterocycles. The summed E-state index contributed by atoms with van der Waals surface area (Å²) < 4.78 is 31.9. The molecule has 0 aromatic heterocycles. The molecule has 0 aliphatic rings. The first-order valence-electron chi connectivity index (χ1n) is 13.0. The third-order valence-corrected chi connectivity index (χ3v) is 6.61. The fourth-order valence-corrected chi connectivity index (χ4v) is 4.49. The van der Waals surface area contributed by atoms with Crippen LogP contribution < -0.4 is 5.32 Å². The van der Waals surface area contributed by atoms with E-state index in [-0.39, 0.29) is 6.42 Å². The van der Waals surface area contributed by atoms with Crippen LogP contribution in [0.2, 0.25) is 0 Å². The van der Waals surface area contributed by atoms with Crippen molar-refractivity contribution in [3.05, 3.63) is 12.2 Å². The van der Waals surface area contributed by atoms with Crippen LogP contribution in [0.1, 0.15) is 117 Å². The number of allylic oxidation sites excluding steroid dienone is 2. The Bertz CT molecular complexity index is 608. The predicted octanol–water partition coefficient (Wildman–Crippen LogP) is 4.92. The molecular weight excluding hydrogens is 442 g/mol. The first kappa shape index (κ1) is 32.0. The summed E-state index contributed by atoms with van der Waals surface area (Å²) in [5.74, 6) is -1.48. The molecule has 0 fully saturated rings. The molecule has 0 rings (SSSR count). The van der Waals surface area contributed by atoms with Crippen LogP contribution in [-0.2, 0) is 14.9 Å². The zero-order valence-corrected chi connectivity index (χ0v) is 21.7. The molecule has 8 heteroatoms. The van der Waals surface area contributed by atoms with Crippen LogP contribution in [0, 0.1) is 0 Å². The molecule has 4 N–H and O–H groups in total. The van der Waals surface area contributed by atoms with Gasteiger partial charge in [0.2, 0.25) is 5.91 Å². The first-order chi connectivity index (χ1) is 15.7. The maximum Gasteiger partial charge on any atom is 0.266 e. The summed E-state index contributed by atoms with van der Waals surface area (Å²) in [4.78, 5) is 12.3. The second kappa shape index (κ2) is 20.4. The Morgan fingerprint density at radius 2 is 1.30 bits per heavy atom. The van der Waals surface area contributed by atoms with Crippen molar-refractivity contribution in [1.82, 2.24) is 5.32 Å². The van der Waals surface area contributed by atoms with E-state index in [1.54, 1.807) is 0 Å². The predicted molar refractivity (Wildman–Crippen MR) is 135 cm³/mol. The lowest BCUT2D eigenvalue weighted by Crippen LogP contribution is -2.50. The van der Waals surface area contributed by atoms with E-state index >= 15 is 0 Å². The SMILES string of the molecule is CCCC/C=C\CCCCCC(O)C(=O)NC(CS(=O)(=O)O)C(O)CCCCCCCCC. The highest BCUT2D eigenvalue weighted by Gasteiger charge is 2.28. The van der Waals surface area contributed by atoms with Crippen molar-refractivity contribution >= 4 is 16.0 Å². The largest absolute Gasteiger partial charge is 0.391 e. The maximum atomic E-state index is 12.3. The van der Waals surface area contributed by atoms with Gasteiger partial charge in [-0.3, -0.25) is 9.35 Å². The van der Waals surface area contributed by atoms with Gasteiger partial charge in [0.15, 0.2) is 0 Å². The number of amides is 1. The summed E-state index contributed by atoms with van der Waals surface area (Å²) in [5, 5.41) is 23.0. The molecule has 7 nitrogen and oxygen atoms in total. The minimum atomic E-state index is -4.38. The second-order valence-corrected chi connectivity index (χ2v) is 10.6. The number of unbranched alkanes of at least 4 members (excludes halogenated alkanes) is 11. The summed E-state index contributed by atoms with van der Waals surface area (Å²) in [6, 6.07) is -1.14. The second-order valence-electron chi connectivity index (χ2n) is 9.11. The summed E-state index contributed by atoms with van der Waals surface area (Å²) in [6.07, 6.45) is 17.0. The fraction of sp³-hybridized carbons (Fsp3) is 0.880. The minimum Gasteiger partial charge on any atom is -0.391 e. The van der Waals surface area contributed by atoms with Crippen LogP contribution in [0.4, 0.5) is 0 Å². The van der Waals surface area contributed by atoms with Crippen molar-refractivity contribution in [1.29, 1.82) is 0 Å². The normalized spacial score (nSPS) is 14.9. The highest BCUT2D eigenvalue weighted by molar-refractivity contribution is 7.85. The third-order valence-electron chi connectivity index (χ3n) is 5.83. The van der Waals surface area contributed by atoms with E-state index in [0.29, 0.717) is 19.3 Å². The molecule has 33 heavy (non-hydrogen) atoms. The number of hydrogen-bond acceptors (Lipinski definition) is 5. The standard InChI is InChI=1S/C25H49NO6S/c1-3-5-7-9-11-12-14-16-18-20-24(28)25(29)26-22(21-33(30,31)32)23(27)19-17-15-13-10-8-6-4-2/h9,11,22-24,27-28H,3-8,10,12-21H2,1-2H3,(H,26,29)(H,30,31,32)/b11-9-. The molecule has 1 amide bonds. The van der Waals surface area contributed by atoms with Gasteiger partial charge >= 0.3 is 0 Å². The van der Waals surface area contributed by atoms with Crippen LogP contribution in [0.3, 0.4) is 0 Å². The molecule has 0 heterocycles. The van der Waals surface area contributed by atoms with Crippen molar-refractivity contribution < 1.29 is 28.0 Å². The summed E-state index contributed by atoms with van der Waals surface area (Å²) in [5.41, 5.74) is 0. The number of aliphatic hydroxyl groups excluding tert-OH is 2. The summed E-state index contributed by atoms with van der Waals surface area (Å²) in [6.45, 7) is 4.32. The zero-order chi connectivity index (χ0) is 25.0. The number of rotatable bonds is 22. The van der Waals surface area contributed by atoms with Gasteiger partial charge < -0.3 is 15.5 Å². The molecule has 0 aliphatic carbocycles. The van der Waals surface area contributed by atoms with Crippen molar-refractivity contribution in [3.8, 4) is 0 Å². The Labute approximate surface area is 202 Å². The van der Waals surface area contributed by atoms with E-state index in [4.69, 9.17) is 0 Å². The van der Waals surface area contributed by atoms with E-state index in [9.17, 15) is 28.0 Å². The molecule has 0 bridgehead atoms. The van der Waals surface area contributed by atoms with Gasteiger partial charge in [-0.15, -0.1) is 0 Å². The molecule has 0 spiro atoms. The number of carbonyl (C=O) groups excluding carboxylic acids is 1. The summed E-state index contributed by atoms with van der Waals surface area (Å²) in [7, 11) is -4.38. The van der Waals surface area contributed by atoms with Gasteiger partial charge in [-0.2, -0.15) is 8.42 Å². The van der Waals surface area contributed by atoms with E-state index < -0.39 is 40.0 Å². The first-order valence-corrected chi connectivity index (χ1v) is 14.6. The molecule has 0 radical (unpaired) electrons. The average molecular weight is 492 g/mol. The lowest BCUT2D eigenvalue weighted by molar-refractivity contribution is -0.131. The Hall–Kier alpha value is -0.960. The highest BCUT2D eigenvalue weighted by atomic mass is 32.2. The number of carbonyl (C=O) groups is 1. The Balaban J connectivity index is 4.33. The number of nitrogens with one attached hydrogen (secondary N) is 1. The van der Waals surface area contributed by atoms with E-state index in [0.717, 1.165) is 44.9 Å². The Morgan fingerprint density at radius 3 is 1.91 bits per heavy atom. The Morgan fingerprint density at radius 1 is 0.788 bits per heavy atom. The van der Waals surface area contributed by atoms with Crippen molar-refractivity contribution in [3.63, 3.8) is 0 Å². The summed E-state index contributed by atoms with van der Waals surface area (Å²) >= 11 is 0.